The van der Waals surface area contributed by atoms with Gasteiger partial charge in [-0.15, -0.1) is 0 Å². The van der Waals surface area contributed by atoms with Gasteiger partial charge in [0.25, 0.3) is 0 Å². The molecule has 0 saturated carbocycles. The maximum absolute atomic E-state index is 13.0. The van der Waals surface area contributed by atoms with Crippen LogP contribution in [0.1, 0.15) is 132 Å². The molecule has 35 heavy (non-hydrogen) atoms. The average molecular weight is 487 g/mol. The van der Waals surface area contributed by atoms with E-state index < -0.39 is 5.60 Å². The number of allylic oxidation sites excluding steroid dienone is 5. The summed E-state index contributed by atoms with van der Waals surface area (Å²) in [6.07, 6.45) is 12.1. The maximum atomic E-state index is 13.0. The van der Waals surface area contributed by atoms with Gasteiger partial charge in [-0.3, -0.25) is 9.59 Å². The Morgan fingerprint density at radius 2 is 1.26 bits per heavy atom. The van der Waals surface area contributed by atoms with E-state index >= 15 is 0 Å². The summed E-state index contributed by atoms with van der Waals surface area (Å²) in [4.78, 5) is 25.8. The number of hydrogen-bond donors (Lipinski definition) is 1. The number of aliphatic hydroxyl groups is 1. The van der Waals surface area contributed by atoms with E-state index in [2.05, 4.69) is 34.3 Å². The van der Waals surface area contributed by atoms with E-state index in [-0.39, 0.29) is 11.6 Å². The smallest absolute Gasteiger partial charge is 0.185 e. The number of carbonyl (C=O) groups excluding carboxylic acids is 2. The van der Waals surface area contributed by atoms with Gasteiger partial charge in [-0.1, -0.05) is 91.2 Å². The molecule has 0 aromatic heterocycles. The Morgan fingerprint density at radius 1 is 0.800 bits per heavy atom. The van der Waals surface area contributed by atoms with E-state index in [1.807, 2.05) is 13.8 Å². The first-order valence-electron chi connectivity index (χ1n) is 14.1. The van der Waals surface area contributed by atoms with Crippen molar-refractivity contribution in [2.75, 3.05) is 0 Å². The quantitative estimate of drug-likeness (QED) is 0.165. The first-order chi connectivity index (χ1) is 16.2. The van der Waals surface area contributed by atoms with Crippen LogP contribution in [0.4, 0.5) is 0 Å². The predicted octanol–water partition coefficient (Wildman–Crippen LogP) is 8.71. The van der Waals surface area contributed by atoms with Gasteiger partial charge in [-0.2, -0.15) is 0 Å². The fraction of sp³-hybridized carbons (Fsp3) is 0.750. The molecule has 3 heteroatoms. The molecule has 0 aliphatic heterocycles. The topological polar surface area (TPSA) is 54.4 Å². The highest BCUT2D eigenvalue weighted by Gasteiger charge is 2.31. The van der Waals surface area contributed by atoms with Crippen LogP contribution in [0.3, 0.4) is 0 Å². The Kier molecular flexibility index (Phi) is 13.5. The van der Waals surface area contributed by atoms with Gasteiger partial charge in [0.05, 0.1) is 5.60 Å². The third-order valence-corrected chi connectivity index (χ3v) is 7.83. The molecule has 0 spiro atoms. The van der Waals surface area contributed by atoms with Crippen LogP contribution in [0, 0.1) is 17.8 Å². The van der Waals surface area contributed by atoms with Crippen LogP contribution in [-0.2, 0) is 9.59 Å². The summed E-state index contributed by atoms with van der Waals surface area (Å²) in [7, 11) is 0. The molecular formula is C32H54O3. The zero-order chi connectivity index (χ0) is 26.8. The van der Waals surface area contributed by atoms with Crippen molar-refractivity contribution < 1.29 is 14.7 Å². The number of Topliss-reactive ketones (excluding diaryl/α,β-unsaturated/α-hetero) is 2. The standard InChI is InChI=1S/C32H54O3/c1-22(2)13-10-14-24(5)15-11-16-25(6)17-12-19-32(9,35)20-18-28-29(21-23(3)4)31(34)27(8)26(7)30(28)33/h22,24-25,35H,3,10-21H2,1-2,4-9H3/t24-,25-,32?/m1/s1. The second kappa shape index (κ2) is 14.9. The largest absolute Gasteiger partial charge is 0.390 e. The maximum Gasteiger partial charge on any atom is 0.185 e. The predicted molar refractivity (Wildman–Crippen MR) is 149 cm³/mol. The summed E-state index contributed by atoms with van der Waals surface area (Å²) in [5.41, 5.74) is 2.28. The number of ketones is 2. The lowest BCUT2D eigenvalue weighted by atomic mass is 9.79. The molecule has 3 nitrogen and oxygen atoms in total. The molecular weight excluding hydrogens is 432 g/mol. The van der Waals surface area contributed by atoms with E-state index in [9.17, 15) is 14.7 Å². The molecule has 0 saturated heterocycles. The Bertz CT molecular complexity index is 794. The van der Waals surface area contributed by atoms with Crippen molar-refractivity contribution in [2.24, 2.45) is 17.8 Å². The van der Waals surface area contributed by atoms with E-state index in [0.717, 1.165) is 36.7 Å². The molecule has 1 unspecified atom stereocenters. The van der Waals surface area contributed by atoms with Gasteiger partial charge in [-0.25, -0.2) is 0 Å². The summed E-state index contributed by atoms with van der Waals surface area (Å²) in [6, 6.07) is 0. The van der Waals surface area contributed by atoms with Crippen LogP contribution < -0.4 is 0 Å². The highest BCUT2D eigenvalue weighted by Crippen LogP contribution is 2.33. The molecule has 200 valence electrons. The molecule has 0 aromatic carbocycles. The molecule has 3 atom stereocenters. The zero-order valence-corrected chi connectivity index (χ0v) is 24.2. The molecule has 1 aliphatic carbocycles. The van der Waals surface area contributed by atoms with Crippen molar-refractivity contribution in [2.45, 2.75) is 138 Å². The van der Waals surface area contributed by atoms with E-state index in [1.54, 1.807) is 13.8 Å². The van der Waals surface area contributed by atoms with E-state index in [0.29, 0.717) is 47.5 Å². The number of carbonyl (C=O) groups is 2. The Morgan fingerprint density at radius 3 is 1.74 bits per heavy atom. The van der Waals surface area contributed by atoms with Gasteiger partial charge in [0.1, 0.15) is 0 Å². The molecule has 0 bridgehead atoms. The lowest BCUT2D eigenvalue weighted by Gasteiger charge is -2.27. The molecule has 1 N–H and O–H groups in total. The lowest BCUT2D eigenvalue weighted by Crippen LogP contribution is -2.27. The Hall–Kier alpha value is -1.48. The number of rotatable bonds is 17. The molecule has 1 aliphatic rings. The minimum Gasteiger partial charge on any atom is -0.390 e. The fourth-order valence-electron chi connectivity index (χ4n) is 5.15. The summed E-state index contributed by atoms with van der Waals surface area (Å²) in [5.74, 6) is 2.23. The van der Waals surface area contributed by atoms with Gasteiger partial charge in [0, 0.05) is 22.3 Å². The van der Waals surface area contributed by atoms with Gasteiger partial charge in [-0.05, 0) is 71.1 Å². The van der Waals surface area contributed by atoms with Crippen molar-refractivity contribution in [1.82, 2.24) is 0 Å². The van der Waals surface area contributed by atoms with Crippen LogP contribution in [0.15, 0.2) is 34.4 Å². The van der Waals surface area contributed by atoms with Crippen molar-refractivity contribution in [3.05, 3.63) is 34.4 Å². The molecule has 0 amide bonds. The molecule has 0 heterocycles. The third-order valence-electron chi connectivity index (χ3n) is 7.83. The average Bonchev–Trinajstić information content (AvgIpc) is 2.75. The summed E-state index contributed by atoms with van der Waals surface area (Å²) < 4.78 is 0. The first-order valence-corrected chi connectivity index (χ1v) is 14.1. The summed E-state index contributed by atoms with van der Waals surface area (Å²) in [6.45, 7) is 20.5. The van der Waals surface area contributed by atoms with Crippen LogP contribution in [-0.4, -0.2) is 22.3 Å². The van der Waals surface area contributed by atoms with Crippen molar-refractivity contribution in [1.29, 1.82) is 0 Å². The first kappa shape index (κ1) is 31.5. The van der Waals surface area contributed by atoms with E-state index in [4.69, 9.17) is 0 Å². The van der Waals surface area contributed by atoms with Crippen molar-refractivity contribution in [3.8, 4) is 0 Å². The second-order valence-electron chi connectivity index (χ2n) is 12.4. The van der Waals surface area contributed by atoms with Crippen LogP contribution in [0.5, 0.6) is 0 Å². The van der Waals surface area contributed by atoms with Crippen LogP contribution in [0.25, 0.3) is 0 Å². The molecule has 0 radical (unpaired) electrons. The molecule has 0 aromatic rings. The summed E-state index contributed by atoms with van der Waals surface area (Å²) >= 11 is 0. The second-order valence-corrected chi connectivity index (χ2v) is 12.4. The minimum atomic E-state index is -0.834. The monoisotopic (exact) mass is 486 g/mol. The minimum absolute atomic E-state index is 0.0391. The van der Waals surface area contributed by atoms with Crippen molar-refractivity contribution >= 4 is 11.6 Å². The van der Waals surface area contributed by atoms with Crippen molar-refractivity contribution in [3.63, 3.8) is 0 Å². The number of hydrogen-bond acceptors (Lipinski definition) is 3. The van der Waals surface area contributed by atoms with Gasteiger partial charge < -0.3 is 5.11 Å². The lowest BCUT2D eigenvalue weighted by molar-refractivity contribution is -0.116. The summed E-state index contributed by atoms with van der Waals surface area (Å²) in [5, 5.41) is 11.0. The van der Waals surface area contributed by atoms with Gasteiger partial charge in [0.2, 0.25) is 0 Å². The van der Waals surface area contributed by atoms with Crippen LogP contribution >= 0.6 is 0 Å². The Balaban J connectivity index is 2.49. The highest BCUT2D eigenvalue weighted by molar-refractivity contribution is 6.24. The molecule has 0 fully saturated rings. The van der Waals surface area contributed by atoms with Gasteiger partial charge in [0.15, 0.2) is 11.6 Å². The zero-order valence-electron chi connectivity index (χ0n) is 24.2. The van der Waals surface area contributed by atoms with Crippen LogP contribution in [0.2, 0.25) is 0 Å². The van der Waals surface area contributed by atoms with E-state index in [1.165, 1.54) is 38.5 Å². The SMILES string of the molecule is C=C(C)CC1=C(CCC(C)(O)CCC[C@H](C)CCC[C@H](C)CCCC(C)C)C(=O)C(C)=C(C)C1=O. The third kappa shape index (κ3) is 11.4. The fourth-order valence-corrected chi connectivity index (χ4v) is 5.15. The highest BCUT2D eigenvalue weighted by atomic mass is 16.3. The normalized spacial score (nSPS) is 18.3. The Labute approximate surface area is 216 Å². The molecule has 1 rings (SSSR count). The van der Waals surface area contributed by atoms with Gasteiger partial charge >= 0.3 is 0 Å².